The lowest BCUT2D eigenvalue weighted by Gasteiger charge is -2.18. The van der Waals surface area contributed by atoms with Gasteiger partial charge in [0.2, 0.25) is 0 Å². The number of methoxy groups -OCH3 is 1. The number of carbonyl (C=O) groups excluding carboxylic acids is 2. The first-order valence-electron chi connectivity index (χ1n) is 7.58. The molecule has 1 heterocycles. The highest BCUT2D eigenvalue weighted by molar-refractivity contribution is 6.23. The molecule has 1 saturated heterocycles. The number of rotatable bonds is 3. The Kier molecular flexibility index (Phi) is 4.08. The number of nitrogens with zero attached hydrogens (tertiary/aromatic N) is 1. The summed E-state index contributed by atoms with van der Waals surface area (Å²) in [5, 5.41) is 2.36. The number of imide groups is 1. The van der Waals surface area contributed by atoms with Crippen LogP contribution in [0.25, 0.3) is 6.08 Å². The van der Waals surface area contributed by atoms with Crippen molar-refractivity contribution in [2.24, 2.45) is 0 Å². The molecule has 122 valence electrons. The van der Waals surface area contributed by atoms with Crippen LogP contribution >= 0.6 is 0 Å². The first kappa shape index (κ1) is 15.8. The highest BCUT2D eigenvalue weighted by Crippen LogP contribution is 2.29. The molecular formula is C19H18N2O3. The van der Waals surface area contributed by atoms with Crippen molar-refractivity contribution in [3.8, 4) is 5.75 Å². The molecule has 2 aromatic rings. The van der Waals surface area contributed by atoms with Crippen LogP contribution in [-0.2, 0) is 4.79 Å². The SMILES string of the molecule is COc1ccc(/C=C2\C(=O)NC(=O)N2c2ccc(C)cc2C)cc1. The average Bonchev–Trinajstić information content (AvgIpc) is 2.82. The lowest BCUT2D eigenvalue weighted by Crippen LogP contribution is -2.27. The summed E-state index contributed by atoms with van der Waals surface area (Å²) in [6, 6.07) is 12.6. The van der Waals surface area contributed by atoms with E-state index in [0.717, 1.165) is 22.4 Å². The number of ether oxygens (including phenoxy) is 1. The quantitative estimate of drug-likeness (QED) is 0.696. The van der Waals surface area contributed by atoms with Gasteiger partial charge in [0, 0.05) is 0 Å². The molecule has 0 atom stereocenters. The lowest BCUT2D eigenvalue weighted by molar-refractivity contribution is -0.115. The molecule has 0 aliphatic carbocycles. The predicted octanol–water partition coefficient (Wildman–Crippen LogP) is 3.41. The van der Waals surface area contributed by atoms with E-state index in [1.807, 2.05) is 56.3 Å². The average molecular weight is 322 g/mol. The van der Waals surface area contributed by atoms with Gasteiger partial charge in [0.1, 0.15) is 11.4 Å². The van der Waals surface area contributed by atoms with Crippen LogP contribution in [0.3, 0.4) is 0 Å². The molecule has 1 aliphatic heterocycles. The van der Waals surface area contributed by atoms with E-state index in [2.05, 4.69) is 5.32 Å². The highest BCUT2D eigenvalue weighted by Gasteiger charge is 2.34. The molecule has 0 saturated carbocycles. The number of nitrogens with one attached hydrogen (secondary N) is 1. The first-order chi connectivity index (χ1) is 11.5. The van der Waals surface area contributed by atoms with Crippen LogP contribution in [-0.4, -0.2) is 19.0 Å². The number of hydrogen-bond acceptors (Lipinski definition) is 3. The van der Waals surface area contributed by atoms with Gasteiger partial charge in [-0.3, -0.25) is 15.0 Å². The maximum atomic E-state index is 12.3. The van der Waals surface area contributed by atoms with Gasteiger partial charge < -0.3 is 4.74 Å². The van der Waals surface area contributed by atoms with E-state index >= 15 is 0 Å². The fraction of sp³-hybridized carbons (Fsp3) is 0.158. The zero-order valence-electron chi connectivity index (χ0n) is 13.8. The van der Waals surface area contributed by atoms with Crippen molar-refractivity contribution in [1.29, 1.82) is 0 Å². The molecule has 24 heavy (non-hydrogen) atoms. The molecule has 1 N–H and O–H groups in total. The molecule has 1 aliphatic rings. The Morgan fingerprint density at radius 1 is 1.04 bits per heavy atom. The molecule has 0 aromatic heterocycles. The summed E-state index contributed by atoms with van der Waals surface area (Å²) in [6.07, 6.45) is 1.69. The number of hydrogen-bond donors (Lipinski definition) is 1. The molecule has 0 unspecified atom stereocenters. The van der Waals surface area contributed by atoms with Gasteiger partial charge in [-0.15, -0.1) is 0 Å². The third-order valence-electron chi connectivity index (χ3n) is 3.91. The second-order valence-electron chi connectivity index (χ2n) is 5.69. The van der Waals surface area contributed by atoms with Crippen molar-refractivity contribution >= 4 is 23.7 Å². The Morgan fingerprint density at radius 3 is 2.38 bits per heavy atom. The summed E-state index contributed by atoms with van der Waals surface area (Å²) in [7, 11) is 1.60. The van der Waals surface area contributed by atoms with Crippen molar-refractivity contribution < 1.29 is 14.3 Å². The topological polar surface area (TPSA) is 58.6 Å². The Bertz CT molecular complexity index is 838. The van der Waals surface area contributed by atoms with E-state index in [1.165, 1.54) is 4.90 Å². The standard InChI is InChI=1S/C19H18N2O3/c1-12-4-9-16(13(2)10-12)21-17(18(22)20-19(21)23)11-14-5-7-15(24-3)8-6-14/h4-11H,1-3H3,(H,20,22,23)/b17-11+. The molecule has 1 fully saturated rings. The van der Waals surface area contributed by atoms with Crippen LogP contribution < -0.4 is 15.0 Å². The van der Waals surface area contributed by atoms with Gasteiger partial charge in [-0.05, 0) is 49.2 Å². The van der Waals surface area contributed by atoms with Crippen LogP contribution in [0.2, 0.25) is 0 Å². The van der Waals surface area contributed by atoms with Gasteiger partial charge in [0.15, 0.2) is 0 Å². The third-order valence-corrected chi connectivity index (χ3v) is 3.91. The largest absolute Gasteiger partial charge is 0.497 e. The van der Waals surface area contributed by atoms with Gasteiger partial charge in [-0.2, -0.15) is 0 Å². The minimum atomic E-state index is -0.438. The van der Waals surface area contributed by atoms with Crippen LogP contribution in [0, 0.1) is 13.8 Å². The Morgan fingerprint density at radius 2 is 1.75 bits per heavy atom. The van der Waals surface area contributed by atoms with Crippen LogP contribution in [0.4, 0.5) is 10.5 Å². The van der Waals surface area contributed by atoms with E-state index in [4.69, 9.17) is 4.74 Å². The number of benzene rings is 2. The maximum absolute atomic E-state index is 12.3. The summed E-state index contributed by atoms with van der Waals surface area (Å²) in [5.41, 5.74) is 3.84. The summed E-state index contributed by atoms with van der Waals surface area (Å²) < 4.78 is 5.13. The number of urea groups is 1. The normalized spacial score (nSPS) is 15.8. The van der Waals surface area contributed by atoms with Crippen molar-refractivity contribution in [3.05, 3.63) is 64.9 Å². The highest BCUT2D eigenvalue weighted by atomic mass is 16.5. The van der Waals surface area contributed by atoms with E-state index in [1.54, 1.807) is 13.2 Å². The Balaban J connectivity index is 2.04. The minimum absolute atomic E-state index is 0.303. The number of anilines is 1. The van der Waals surface area contributed by atoms with Crippen LogP contribution in [0.5, 0.6) is 5.75 Å². The van der Waals surface area contributed by atoms with E-state index in [0.29, 0.717) is 11.4 Å². The van der Waals surface area contributed by atoms with Crippen molar-refractivity contribution in [2.75, 3.05) is 12.0 Å². The molecule has 0 bridgehead atoms. The first-order valence-corrected chi connectivity index (χ1v) is 7.58. The fourth-order valence-corrected chi connectivity index (χ4v) is 2.71. The fourth-order valence-electron chi connectivity index (χ4n) is 2.71. The molecule has 0 radical (unpaired) electrons. The smallest absolute Gasteiger partial charge is 0.333 e. The summed E-state index contributed by atoms with van der Waals surface area (Å²) in [6.45, 7) is 3.91. The molecule has 0 spiro atoms. The molecule has 5 nitrogen and oxygen atoms in total. The van der Waals surface area contributed by atoms with Gasteiger partial charge in [0.25, 0.3) is 5.91 Å². The molecule has 5 heteroatoms. The lowest BCUT2D eigenvalue weighted by atomic mass is 10.1. The molecule has 3 rings (SSSR count). The van der Waals surface area contributed by atoms with Crippen molar-refractivity contribution in [3.63, 3.8) is 0 Å². The van der Waals surface area contributed by atoms with Gasteiger partial charge in [-0.1, -0.05) is 29.8 Å². The van der Waals surface area contributed by atoms with Crippen molar-refractivity contribution in [1.82, 2.24) is 5.32 Å². The predicted molar refractivity (Wildman–Crippen MR) is 92.9 cm³/mol. The summed E-state index contributed by atoms with van der Waals surface area (Å²) >= 11 is 0. The Labute approximate surface area is 140 Å². The van der Waals surface area contributed by atoms with E-state index < -0.39 is 11.9 Å². The molecule has 2 aromatic carbocycles. The van der Waals surface area contributed by atoms with E-state index in [9.17, 15) is 9.59 Å². The zero-order valence-corrected chi connectivity index (χ0v) is 13.8. The van der Waals surface area contributed by atoms with Crippen molar-refractivity contribution in [2.45, 2.75) is 13.8 Å². The number of carbonyl (C=O) groups is 2. The zero-order chi connectivity index (χ0) is 17.3. The second-order valence-corrected chi connectivity index (χ2v) is 5.69. The van der Waals surface area contributed by atoms with Crippen LogP contribution in [0.15, 0.2) is 48.2 Å². The summed E-state index contributed by atoms with van der Waals surface area (Å²) in [5.74, 6) is 0.325. The monoisotopic (exact) mass is 322 g/mol. The van der Waals surface area contributed by atoms with Gasteiger partial charge in [-0.25, -0.2) is 4.79 Å². The van der Waals surface area contributed by atoms with Gasteiger partial charge >= 0.3 is 6.03 Å². The van der Waals surface area contributed by atoms with Gasteiger partial charge in [0.05, 0.1) is 12.8 Å². The van der Waals surface area contributed by atoms with E-state index in [-0.39, 0.29) is 0 Å². The second kappa shape index (κ2) is 6.20. The number of aryl methyl sites for hydroxylation is 2. The van der Waals surface area contributed by atoms with Crippen LogP contribution in [0.1, 0.15) is 16.7 Å². The maximum Gasteiger partial charge on any atom is 0.333 e. The minimum Gasteiger partial charge on any atom is -0.497 e. The number of amides is 3. The summed E-state index contributed by atoms with van der Waals surface area (Å²) in [4.78, 5) is 25.9. The Hall–Kier alpha value is -3.08. The molecular weight excluding hydrogens is 304 g/mol. The molecule has 3 amide bonds. The third kappa shape index (κ3) is 2.88.